The summed E-state index contributed by atoms with van der Waals surface area (Å²) in [6.07, 6.45) is 15.9. The van der Waals surface area contributed by atoms with Gasteiger partial charge in [0.05, 0.1) is 0 Å². The number of aryl methyl sites for hydroxylation is 1. The number of rotatable bonds is 12. The SMILES string of the molecule is CCCCCCCCC(CCc1ccncc1)NCC. The zero-order chi connectivity index (χ0) is 14.5. The summed E-state index contributed by atoms with van der Waals surface area (Å²) in [5.41, 5.74) is 1.41. The molecule has 114 valence electrons. The minimum absolute atomic E-state index is 0.680. The molecule has 2 nitrogen and oxygen atoms in total. The van der Waals surface area contributed by atoms with Crippen LogP contribution in [0.25, 0.3) is 0 Å². The van der Waals surface area contributed by atoms with E-state index in [4.69, 9.17) is 0 Å². The predicted octanol–water partition coefficient (Wildman–Crippen LogP) is 4.74. The number of unbranched alkanes of at least 4 members (excludes halogenated alkanes) is 5. The second-order valence-corrected chi connectivity index (χ2v) is 5.71. The molecule has 1 aromatic rings. The van der Waals surface area contributed by atoms with E-state index in [-0.39, 0.29) is 0 Å². The molecule has 2 heteroatoms. The molecular formula is C18H32N2. The summed E-state index contributed by atoms with van der Waals surface area (Å²) >= 11 is 0. The number of hydrogen-bond donors (Lipinski definition) is 1. The highest BCUT2D eigenvalue weighted by Crippen LogP contribution is 2.12. The Morgan fingerprint density at radius 2 is 1.65 bits per heavy atom. The lowest BCUT2D eigenvalue weighted by Crippen LogP contribution is -2.29. The molecule has 1 unspecified atom stereocenters. The zero-order valence-corrected chi connectivity index (χ0v) is 13.4. The van der Waals surface area contributed by atoms with E-state index in [1.54, 1.807) is 0 Å². The third-order valence-corrected chi connectivity index (χ3v) is 3.93. The summed E-state index contributed by atoms with van der Waals surface area (Å²) in [7, 11) is 0. The molecule has 0 aliphatic heterocycles. The Morgan fingerprint density at radius 1 is 0.950 bits per heavy atom. The normalized spacial score (nSPS) is 12.5. The molecule has 1 aromatic heterocycles. The molecule has 0 aliphatic carbocycles. The molecule has 20 heavy (non-hydrogen) atoms. The largest absolute Gasteiger partial charge is 0.314 e. The van der Waals surface area contributed by atoms with E-state index < -0.39 is 0 Å². The van der Waals surface area contributed by atoms with Crippen LogP contribution in [0.2, 0.25) is 0 Å². The standard InChI is InChI=1S/C18H32N2/c1-3-5-6-7-8-9-10-18(20-4-2)12-11-17-13-15-19-16-14-17/h13-16,18,20H,3-12H2,1-2H3. The molecule has 0 bridgehead atoms. The third kappa shape index (κ3) is 8.31. The third-order valence-electron chi connectivity index (χ3n) is 3.93. The monoisotopic (exact) mass is 276 g/mol. The molecule has 1 N–H and O–H groups in total. The first-order valence-corrected chi connectivity index (χ1v) is 8.49. The van der Waals surface area contributed by atoms with Crippen LogP contribution >= 0.6 is 0 Å². The number of hydrogen-bond acceptors (Lipinski definition) is 2. The lowest BCUT2D eigenvalue weighted by atomic mass is 10.00. The Balaban J connectivity index is 2.16. The Kier molecular flexibility index (Phi) is 10.2. The van der Waals surface area contributed by atoms with Crippen molar-refractivity contribution in [1.82, 2.24) is 10.3 Å². The molecule has 1 rings (SSSR count). The van der Waals surface area contributed by atoms with Gasteiger partial charge in [0.2, 0.25) is 0 Å². The summed E-state index contributed by atoms with van der Waals surface area (Å²) in [5, 5.41) is 3.64. The fourth-order valence-corrected chi connectivity index (χ4v) is 2.70. The van der Waals surface area contributed by atoms with Gasteiger partial charge in [-0.25, -0.2) is 0 Å². The Bertz CT molecular complexity index is 310. The van der Waals surface area contributed by atoms with E-state index in [9.17, 15) is 0 Å². The second-order valence-electron chi connectivity index (χ2n) is 5.71. The maximum absolute atomic E-state index is 4.08. The molecule has 0 saturated heterocycles. The van der Waals surface area contributed by atoms with Crippen molar-refractivity contribution in [3.05, 3.63) is 30.1 Å². The second kappa shape index (κ2) is 11.9. The van der Waals surface area contributed by atoms with Crippen LogP contribution in [0.4, 0.5) is 0 Å². The van der Waals surface area contributed by atoms with Crippen LogP contribution in [0, 0.1) is 0 Å². The predicted molar refractivity (Wildman–Crippen MR) is 88.0 cm³/mol. The molecule has 0 radical (unpaired) electrons. The van der Waals surface area contributed by atoms with Crippen molar-refractivity contribution in [1.29, 1.82) is 0 Å². The molecule has 1 atom stereocenters. The maximum atomic E-state index is 4.08. The van der Waals surface area contributed by atoms with Gasteiger partial charge in [-0.15, -0.1) is 0 Å². The van der Waals surface area contributed by atoms with Crippen molar-refractivity contribution in [2.24, 2.45) is 0 Å². The van der Waals surface area contributed by atoms with E-state index in [1.807, 2.05) is 12.4 Å². The average molecular weight is 276 g/mol. The highest BCUT2D eigenvalue weighted by Gasteiger charge is 2.07. The molecular weight excluding hydrogens is 244 g/mol. The molecule has 1 heterocycles. The minimum atomic E-state index is 0.680. The van der Waals surface area contributed by atoms with Crippen LogP contribution in [-0.4, -0.2) is 17.6 Å². The number of aromatic nitrogens is 1. The van der Waals surface area contributed by atoms with Gasteiger partial charge in [0, 0.05) is 18.4 Å². The summed E-state index contributed by atoms with van der Waals surface area (Å²) in [5.74, 6) is 0. The molecule has 0 spiro atoms. The lowest BCUT2D eigenvalue weighted by Gasteiger charge is -2.17. The molecule has 0 aliphatic rings. The van der Waals surface area contributed by atoms with Crippen molar-refractivity contribution in [2.75, 3.05) is 6.54 Å². The lowest BCUT2D eigenvalue weighted by molar-refractivity contribution is 0.439. The maximum Gasteiger partial charge on any atom is 0.0270 e. The van der Waals surface area contributed by atoms with Gasteiger partial charge >= 0.3 is 0 Å². The first-order valence-electron chi connectivity index (χ1n) is 8.49. The van der Waals surface area contributed by atoms with Crippen LogP contribution in [0.3, 0.4) is 0 Å². The topological polar surface area (TPSA) is 24.9 Å². The van der Waals surface area contributed by atoms with Crippen LogP contribution in [0.15, 0.2) is 24.5 Å². The zero-order valence-electron chi connectivity index (χ0n) is 13.4. The average Bonchev–Trinajstić information content (AvgIpc) is 2.49. The van der Waals surface area contributed by atoms with Gasteiger partial charge in [0.1, 0.15) is 0 Å². The van der Waals surface area contributed by atoms with E-state index in [1.165, 1.54) is 56.9 Å². The Labute approximate surface area is 125 Å². The van der Waals surface area contributed by atoms with Crippen molar-refractivity contribution >= 4 is 0 Å². The van der Waals surface area contributed by atoms with Crippen molar-refractivity contribution < 1.29 is 0 Å². The van der Waals surface area contributed by atoms with Gasteiger partial charge in [-0.3, -0.25) is 4.98 Å². The van der Waals surface area contributed by atoms with Gasteiger partial charge < -0.3 is 5.32 Å². The number of nitrogens with one attached hydrogen (secondary N) is 1. The fourth-order valence-electron chi connectivity index (χ4n) is 2.70. The smallest absolute Gasteiger partial charge is 0.0270 e. The quantitative estimate of drug-likeness (QED) is 0.558. The highest BCUT2D eigenvalue weighted by molar-refractivity contribution is 5.09. The van der Waals surface area contributed by atoms with Crippen LogP contribution in [-0.2, 0) is 6.42 Å². The highest BCUT2D eigenvalue weighted by atomic mass is 14.9. The van der Waals surface area contributed by atoms with E-state index in [0.29, 0.717) is 6.04 Å². The fraction of sp³-hybridized carbons (Fsp3) is 0.722. The molecule has 0 saturated carbocycles. The van der Waals surface area contributed by atoms with Crippen molar-refractivity contribution in [2.45, 2.75) is 77.7 Å². The van der Waals surface area contributed by atoms with Gasteiger partial charge in [-0.1, -0.05) is 52.4 Å². The van der Waals surface area contributed by atoms with E-state index >= 15 is 0 Å². The number of nitrogens with zero attached hydrogens (tertiary/aromatic N) is 1. The summed E-state index contributed by atoms with van der Waals surface area (Å²) in [4.78, 5) is 4.08. The van der Waals surface area contributed by atoms with Gasteiger partial charge in [0.15, 0.2) is 0 Å². The first kappa shape index (κ1) is 17.2. The molecule has 0 amide bonds. The number of pyridine rings is 1. The first-order chi connectivity index (χ1) is 9.86. The Hall–Kier alpha value is -0.890. The van der Waals surface area contributed by atoms with Gasteiger partial charge in [-0.2, -0.15) is 0 Å². The van der Waals surface area contributed by atoms with Gasteiger partial charge in [0.25, 0.3) is 0 Å². The minimum Gasteiger partial charge on any atom is -0.314 e. The van der Waals surface area contributed by atoms with Crippen molar-refractivity contribution in [3.8, 4) is 0 Å². The molecule has 0 aromatic carbocycles. The van der Waals surface area contributed by atoms with Crippen LogP contribution in [0.1, 0.15) is 70.8 Å². The molecule has 0 fully saturated rings. The summed E-state index contributed by atoms with van der Waals surface area (Å²) in [6.45, 7) is 5.57. The van der Waals surface area contributed by atoms with Crippen molar-refractivity contribution in [3.63, 3.8) is 0 Å². The summed E-state index contributed by atoms with van der Waals surface area (Å²) in [6, 6.07) is 4.95. The van der Waals surface area contributed by atoms with E-state index in [2.05, 4.69) is 36.3 Å². The van der Waals surface area contributed by atoms with E-state index in [0.717, 1.165) is 13.0 Å². The van der Waals surface area contributed by atoms with Crippen LogP contribution in [0.5, 0.6) is 0 Å². The van der Waals surface area contributed by atoms with Crippen LogP contribution < -0.4 is 5.32 Å². The Morgan fingerprint density at radius 3 is 2.35 bits per heavy atom. The summed E-state index contributed by atoms with van der Waals surface area (Å²) < 4.78 is 0. The van der Waals surface area contributed by atoms with Gasteiger partial charge in [-0.05, 0) is 43.5 Å².